The van der Waals surface area contributed by atoms with Crippen molar-refractivity contribution in [2.75, 3.05) is 13.1 Å². The minimum Gasteiger partial charge on any atom is -0.354 e. The van der Waals surface area contributed by atoms with E-state index < -0.39 is 17.4 Å². The summed E-state index contributed by atoms with van der Waals surface area (Å²) in [5, 5.41) is 16.1. The van der Waals surface area contributed by atoms with Crippen LogP contribution >= 0.6 is 0 Å². The van der Waals surface area contributed by atoms with Crippen LogP contribution in [0.4, 0.5) is 0 Å². The van der Waals surface area contributed by atoms with Crippen LogP contribution in [0.15, 0.2) is 0 Å². The van der Waals surface area contributed by atoms with Gasteiger partial charge in [0.2, 0.25) is 18.2 Å². The Bertz CT molecular complexity index is 548. The quantitative estimate of drug-likeness (QED) is 0.331. The molecule has 1 aliphatic rings. The molecule has 1 fully saturated rings. The van der Waals surface area contributed by atoms with Gasteiger partial charge in [-0.05, 0) is 18.3 Å². The fourth-order valence-corrected chi connectivity index (χ4v) is 4.28. The van der Waals surface area contributed by atoms with Gasteiger partial charge in [0.25, 0.3) is 0 Å². The van der Waals surface area contributed by atoms with Crippen molar-refractivity contribution in [1.29, 1.82) is 0 Å². The zero-order valence-corrected chi connectivity index (χ0v) is 20.7. The van der Waals surface area contributed by atoms with Gasteiger partial charge in [-0.3, -0.25) is 19.6 Å². The molecular formula is C25H47N3O4. The lowest BCUT2D eigenvalue weighted by Gasteiger charge is -2.32. The van der Waals surface area contributed by atoms with Crippen LogP contribution < -0.4 is 10.6 Å². The average Bonchev–Trinajstić information content (AvgIpc) is 2.74. The molecule has 0 saturated carbocycles. The molecule has 1 saturated heterocycles. The van der Waals surface area contributed by atoms with Crippen LogP contribution in [0.25, 0.3) is 0 Å². The Labute approximate surface area is 195 Å². The molecular weight excluding hydrogens is 406 g/mol. The molecule has 1 aliphatic heterocycles. The zero-order valence-electron chi connectivity index (χ0n) is 20.7. The van der Waals surface area contributed by atoms with Crippen LogP contribution in [-0.2, 0) is 14.4 Å². The van der Waals surface area contributed by atoms with Crippen LogP contribution in [0.5, 0.6) is 0 Å². The van der Waals surface area contributed by atoms with Gasteiger partial charge < -0.3 is 10.6 Å². The van der Waals surface area contributed by atoms with E-state index in [0.29, 0.717) is 24.4 Å². The Kier molecular flexibility index (Phi) is 14.3. The maximum atomic E-state index is 13.0. The molecule has 0 aromatic carbocycles. The molecule has 0 bridgehead atoms. The van der Waals surface area contributed by atoms with Crippen molar-refractivity contribution in [3.8, 4) is 0 Å². The Hall–Kier alpha value is -1.63. The number of nitrogens with one attached hydrogen (secondary N) is 2. The van der Waals surface area contributed by atoms with Crippen LogP contribution in [-0.4, -0.2) is 47.6 Å². The van der Waals surface area contributed by atoms with Gasteiger partial charge in [-0.1, -0.05) is 97.8 Å². The fraction of sp³-hybridized carbons (Fsp3) is 0.880. The Morgan fingerprint density at radius 3 is 1.78 bits per heavy atom. The summed E-state index contributed by atoms with van der Waals surface area (Å²) in [7, 11) is 0. The Morgan fingerprint density at radius 2 is 1.31 bits per heavy atom. The highest BCUT2D eigenvalue weighted by molar-refractivity contribution is 5.89. The van der Waals surface area contributed by atoms with Gasteiger partial charge in [0.05, 0.1) is 12.5 Å². The molecule has 3 amide bonds. The minimum atomic E-state index is -0.671. The standard InChI is InChI=1S/C25H47N3O4/c1-25(2,3)22-24(31)26-18-16-14-12-10-8-6-4-5-7-9-11-13-15-17-21(23(30)27-22)19-28(32)20-29/h20-22,32H,4-19H2,1-3H3,(H,26,31)(H,27,30)/t21?,22-/m0/s1. The van der Waals surface area contributed by atoms with E-state index in [-0.39, 0.29) is 18.4 Å². The second kappa shape index (κ2) is 16.1. The van der Waals surface area contributed by atoms with Gasteiger partial charge in [0, 0.05) is 6.54 Å². The molecule has 2 atom stereocenters. The third-order valence-electron chi connectivity index (χ3n) is 6.34. The molecule has 186 valence electrons. The molecule has 3 N–H and O–H groups in total. The van der Waals surface area contributed by atoms with Gasteiger partial charge in [-0.15, -0.1) is 0 Å². The van der Waals surface area contributed by atoms with E-state index in [9.17, 15) is 19.6 Å². The second-order valence-electron chi connectivity index (χ2n) is 10.4. The Balaban J connectivity index is 2.80. The van der Waals surface area contributed by atoms with Crippen molar-refractivity contribution in [3.05, 3.63) is 0 Å². The van der Waals surface area contributed by atoms with E-state index in [1.165, 1.54) is 51.4 Å². The lowest BCUT2D eigenvalue weighted by Crippen LogP contribution is -2.55. The summed E-state index contributed by atoms with van der Waals surface area (Å²) in [6, 6.07) is -0.671. The number of carbonyl (C=O) groups excluding carboxylic acids is 3. The number of hydrogen-bond donors (Lipinski definition) is 3. The number of hydrogen-bond acceptors (Lipinski definition) is 4. The van der Waals surface area contributed by atoms with Crippen molar-refractivity contribution >= 4 is 18.2 Å². The lowest BCUT2D eigenvalue weighted by atomic mass is 9.85. The van der Waals surface area contributed by atoms with E-state index in [1.807, 2.05) is 20.8 Å². The van der Waals surface area contributed by atoms with Crippen molar-refractivity contribution < 1.29 is 19.6 Å². The summed E-state index contributed by atoms with van der Waals surface area (Å²) in [4.78, 5) is 36.8. The number of nitrogens with zero attached hydrogens (tertiary/aromatic N) is 1. The Morgan fingerprint density at radius 1 is 0.844 bits per heavy atom. The first-order chi connectivity index (χ1) is 15.3. The SMILES string of the molecule is CC(C)(C)[C@H]1NC(=O)C(CN(O)C=O)CCCCCCCCCCCCCCCNC1=O. The molecule has 1 heterocycles. The molecule has 1 rings (SSSR count). The molecule has 0 aliphatic carbocycles. The van der Waals surface area contributed by atoms with Gasteiger partial charge >= 0.3 is 0 Å². The van der Waals surface area contributed by atoms with Gasteiger partial charge in [0.15, 0.2) is 0 Å². The van der Waals surface area contributed by atoms with Crippen LogP contribution in [0.3, 0.4) is 0 Å². The molecule has 32 heavy (non-hydrogen) atoms. The van der Waals surface area contributed by atoms with E-state index in [0.717, 1.165) is 32.1 Å². The summed E-state index contributed by atoms with van der Waals surface area (Å²) in [5.74, 6) is -1.00. The third-order valence-corrected chi connectivity index (χ3v) is 6.34. The predicted octanol–water partition coefficient (Wildman–Crippen LogP) is 4.57. The monoisotopic (exact) mass is 453 g/mol. The molecule has 0 spiro atoms. The second-order valence-corrected chi connectivity index (χ2v) is 10.4. The first-order valence-electron chi connectivity index (χ1n) is 12.7. The average molecular weight is 454 g/mol. The zero-order chi connectivity index (χ0) is 23.8. The summed E-state index contributed by atoms with van der Waals surface area (Å²) in [5.41, 5.74) is -0.455. The third kappa shape index (κ3) is 12.4. The van der Waals surface area contributed by atoms with Gasteiger partial charge in [-0.2, -0.15) is 0 Å². The predicted molar refractivity (Wildman–Crippen MR) is 127 cm³/mol. The van der Waals surface area contributed by atoms with Crippen molar-refractivity contribution in [2.24, 2.45) is 11.3 Å². The van der Waals surface area contributed by atoms with Gasteiger partial charge in [0.1, 0.15) is 6.04 Å². The highest BCUT2D eigenvalue weighted by atomic mass is 16.5. The summed E-state index contributed by atoms with van der Waals surface area (Å²) in [6.45, 7) is 6.33. The molecule has 0 aromatic rings. The van der Waals surface area contributed by atoms with Crippen molar-refractivity contribution in [2.45, 2.75) is 117 Å². The molecule has 7 heteroatoms. The topological polar surface area (TPSA) is 98.7 Å². The van der Waals surface area contributed by atoms with Crippen LogP contribution in [0, 0.1) is 11.3 Å². The first kappa shape index (κ1) is 28.4. The number of hydroxylamine groups is 2. The molecule has 0 radical (unpaired) electrons. The van der Waals surface area contributed by atoms with Crippen molar-refractivity contribution in [3.63, 3.8) is 0 Å². The fourth-order valence-electron chi connectivity index (χ4n) is 4.28. The van der Waals surface area contributed by atoms with E-state index >= 15 is 0 Å². The lowest BCUT2D eigenvalue weighted by molar-refractivity contribution is -0.155. The molecule has 1 unspecified atom stereocenters. The highest BCUT2D eigenvalue weighted by Crippen LogP contribution is 2.21. The highest BCUT2D eigenvalue weighted by Gasteiger charge is 2.34. The summed E-state index contributed by atoms with van der Waals surface area (Å²) < 4.78 is 0. The molecule has 7 nitrogen and oxygen atoms in total. The van der Waals surface area contributed by atoms with Crippen LogP contribution in [0.1, 0.15) is 111 Å². The normalized spacial score (nSPS) is 24.5. The summed E-state index contributed by atoms with van der Waals surface area (Å²) in [6.07, 6.45) is 16.1. The van der Waals surface area contributed by atoms with Gasteiger partial charge in [-0.25, -0.2) is 5.06 Å². The summed E-state index contributed by atoms with van der Waals surface area (Å²) >= 11 is 0. The van der Waals surface area contributed by atoms with E-state index in [2.05, 4.69) is 10.6 Å². The van der Waals surface area contributed by atoms with E-state index in [1.54, 1.807) is 0 Å². The van der Waals surface area contributed by atoms with Crippen LogP contribution in [0.2, 0.25) is 0 Å². The smallest absolute Gasteiger partial charge is 0.243 e. The largest absolute Gasteiger partial charge is 0.354 e. The number of carbonyl (C=O) groups is 3. The number of amides is 3. The number of rotatable bonds is 3. The maximum absolute atomic E-state index is 13.0. The first-order valence-corrected chi connectivity index (χ1v) is 12.7. The maximum Gasteiger partial charge on any atom is 0.243 e. The van der Waals surface area contributed by atoms with E-state index in [4.69, 9.17) is 0 Å². The minimum absolute atomic E-state index is 0.0617. The van der Waals surface area contributed by atoms with Crippen molar-refractivity contribution in [1.82, 2.24) is 15.7 Å². The molecule has 0 aromatic heterocycles.